The molecule has 4 aromatic rings. The van der Waals surface area contributed by atoms with Crippen molar-refractivity contribution < 1.29 is 23.2 Å². The number of fused-ring (bicyclic) bond motifs is 1. The summed E-state index contributed by atoms with van der Waals surface area (Å²) in [6.45, 7) is 0. The highest BCUT2D eigenvalue weighted by molar-refractivity contribution is 6.32. The first-order valence-electron chi connectivity index (χ1n) is 14.5. The second kappa shape index (κ2) is 12.2. The average Bonchev–Trinajstić information content (AvgIpc) is 3.68. The van der Waals surface area contributed by atoms with Gasteiger partial charge in [0.05, 0.1) is 29.2 Å². The molecule has 0 spiro atoms. The number of para-hydroxylation sites is 1. The van der Waals surface area contributed by atoms with Crippen molar-refractivity contribution in [3.8, 4) is 6.07 Å². The zero-order chi connectivity index (χ0) is 31.7. The smallest absolute Gasteiger partial charge is 0.251 e. The Morgan fingerprint density at radius 3 is 2.64 bits per heavy atom. The molecule has 1 unspecified atom stereocenters. The molecule has 2 aliphatic rings. The van der Waals surface area contributed by atoms with Gasteiger partial charge in [-0.25, -0.2) is 18.7 Å². The summed E-state index contributed by atoms with van der Waals surface area (Å²) in [6, 6.07) is 13.7. The van der Waals surface area contributed by atoms with Gasteiger partial charge in [0.15, 0.2) is 0 Å². The van der Waals surface area contributed by atoms with Crippen LogP contribution >= 0.6 is 11.6 Å². The molecular weight excluding hydrogens is 604 g/mol. The fraction of sp³-hybridized carbons (Fsp3) is 0.312. The van der Waals surface area contributed by atoms with Crippen LogP contribution in [0.15, 0.2) is 67.1 Å². The molecule has 45 heavy (non-hydrogen) atoms. The van der Waals surface area contributed by atoms with Crippen LogP contribution in [0.4, 0.5) is 20.3 Å². The molecule has 2 atom stereocenters. The van der Waals surface area contributed by atoms with Crippen LogP contribution in [0.5, 0.6) is 0 Å². The third-order valence-corrected chi connectivity index (χ3v) is 8.66. The number of nitriles is 1. The molecule has 0 radical (unpaired) electrons. The van der Waals surface area contributed by atoms with Gasteiger partial charge in [0.25, 0.3) is 5.91 Å². The predicted octanol–water partition coefficient (Wildman–Crippen LogP) is 5.45. The van der Waals surface area contributed by atoms with Crippen molar-refractivity contribution in [2.24, 2.45) is 0 Å². The Kier molecular flexibility index (Phi) is 8.20. The number of hydrogen-bond donors (Lipinski definition) is 2. The Balaban J connectivity index is 1.48. The van der Waals surface area contributed by atoms with Crippen molar-refractivity contribution in [3.63, 3.8) is 0 Å². The van der Waals surface area contributed by atoms with Crippen LogP contribution in [0.3, 0.4) is 0 Å². The summed E-state index contributed by atoms with van der Waals surface area (Å²) in [7, 11) is 0. The Morgan fingerprint density at radius 2 is 1.89 bits per heavy atom. The molecule has 3 heterocycles. The largest absolute Gasteiger partial charge is 0.351 e. The molecular formula is C32H28ClF2N7O3. The normalized spacial score (nSPS) is 18.8. The molecule has 2 fully saturated rings. The molecule has 1 aliphatic heterocycles. The van der Waals surface area contributed by atoms with Gasteiger partial charge in [-0.05, 0) is 49.6 Å². The maximum absolute atomic E-state index is 14.9. The summed E-state index contributed by atoms with van der Waals surface area (Å²) in [6.07, 6.45) is 2.43. The van der Waals surface area contributed by atoms with E-state index < -0.39 is 35.9 Å². The van der Waals surface area contributed by atoms with Crippen LogP contribution < -0.4 is 15.1 Å². The maximum atomic E-state index is 14.9. The van der Waals surface area contributed by atoms with E-state index in [4.69, 9.17) is 11.6 Å². The van der Waals surface area contributed by atoms with Crippen molar-refractivity contribution in [1.82, 2.24) is 20.3 Å². The van der Waals surface area contributed by atoms with Crippen LogP contribution in [0.1, 0.15) is 55.7 Å². The maximum Gasteiger partial charge on any atom is 0.251 e. The number of benzene rings is 2. The van der Waals surface area contributed by atoms with E-state index in [1.54, 1.807) is 42.5 Å². The molecule has 1 aliphatic carbocycles. The van der Waals surface area contributed by atoms with Crippen LogP contribution in [-0.2, 0) is 14.4 Å². The summed E-state index contributed by atoms with van der Waals surface area (Å²) in [5, 5.41) is 12.6. The lowest BCUT2D eigenvalue weighted by Gasteiger charge is -2.37. The molecule has 3 amide bonds. The molecule has 2 aromatic carbocycles. The molecule has 1 saturated carbocycles. The van der Waals surface area contributed by atoms with Crippen LogP contribution in [0.25, 0.3) is 11.0 Å². The number of halogens is 3. The number of rotatable bonds is 7. The minimum absolute atomic E-state index is 0.0363. The highest BCUT2D eigenvalue weighted by atomic mass is 35.5. The van der Waals surface area contributed by atoms with Crippen molar-refractivity contribution in [3.05, 3.63) is 83.3 Å². The fourth-order valence-corrected chi connectivity index (χ4v) is 6.31. The summed E-state index contributed by atoms with van der Waals surface area (Å²) >= 11 is 6.67. The van der Waals surface area contributed by atoms with E-state index in [0.29, 0.717) is 16.6 Å². The number of alkyl halides is 2. The van der Waals surface area contributed by atoms with Crippen molar-refractivity contribution in [2.75, 3.05) is 9.80 Å². The SMILES string of the molecule is N#Cc1ccnc(N2C(=O)CC[C@H]2C(=O)N(c2cccc3[nH]cnc23)C(C(=O)NC2CCC(F)(F)CC2)c2ccccc2Cl)c1. The topological polar surface area (TPSA) is 135 Å². The predicted molar refractivity (Wildman–Crippen MR) is 163 cm³/mol. The second-order valence-electron chi connectivity index (χ2n) is 11.2. The molecule has 13 heteroatoms. The zero-order valence-electron chi connectivity index (χ0n) is 23.9. The number of imidazole rings is 1. The Hall–Kier alpha value is -4.89. The minimum atomic E-state index is -2.80. The number of carbonyl (C=O) groups excluding carboxylic acids is 3. The molecule has 2 aromatic heterocycles. The van der Waals surface area contributed by atoms with Gasteiger partial charge in [-0.1, -0.05) is 35.9 Å². The third kappa shape index (κ3) is 5.95. The van der Waals surface area contributed by atoms with Crippen LogP contribution in [-0.4, -0.2) is 50.7 Å². The van der Waals surface area contributed by atoms with Gasteiger partial charge in [-0.2, -0.15) is 5.26 Å². The number of anilines is 2. The molecule has 230 valence electrons. The van der Waals surface area contributed by atoms with E-state index in [2.05, 4.69) is 20.3 Å². The number of H-pyrrole nitrogens is 1. The lowest BCUT2D eigenvalue weighted by Crippen LogP contribution is -2.53. The van der Waals surface area contributed by atoms with E-state index in [0.717, 1.165) is 0 Å². The average molecular weight is 632 g/mol. The molecule has 6 rings (SSSR count). The number of nitrogens with one attached hydrogen (secondary N) is 2. The molecule has 2 N–H and O–H groups in total. The Bertz CT molecular complexity index is 1810. The van der Waals surface area contributed by atoms with Crippen LogP contribution in [0, 0.1) is 11.3 Å². The van der Waals surface area contributed by atoms with Crippen molar-refractivity contribution >= 4 is 51.9 Å². The van der Waals surface area contributed by atoms with Crippen molar-refractivity contribution in [2.45, 2.75) is 62.6 Å². The Morgan fingerprint density at radius 1 is 1.11 bits per heavy atom. The first-order chi connectivity index (χ1) is 21.7. The fourth-order valence-electron chi connectivity index (χ4n) is 6.07. The quantitative estimate of drug-likeness (QED) is 0.279. The minimum Gasteiger partial charge on any atom is -0.351 e. The van der Waals surface area contributed by atoms with Gasteiger partial charge in [-0.15, -0.1) is 0 Å². The van der Waals surface area contributed by atoms with Gasteiger partial charge in [0, 0.05) is 42.1 Å². The first kappa shape index (κ1) is 30.1. The van der Waals surface area contributed by atoms with Gasteiger partial charge in [-0.3, -0.25) is 24.2 Å². The van der Waals surface area contributed by atoms with E-state index in [-0.39, 0.29) is 66.5 Å². The molecule has 0 bridgehead atoms. The molecule has 1 saturated heterocycles. The van der Waals surface area contributed by atoms with E-state index in [1.165, 1.54) is 34.5 Å². The van der Waals surface area contributed by atoms with Crippen molar-refractivity contribution in [1.29, 1.82) is 5.26 Å². The number of amides is 3. The van der Waals surface area contributed by atoms with E-state index in [9.17, 15) is 28.4 Å². The number of nitrogens with zero attached hydrogens (tertiary/aromatic N) is 5. The summed E-state index contributed by atoms with van der Waals surface area (Å²) < 4.78 is 27.9. The number of aromatic nitrogens is 3. The van der Waals surface area contributed by atoms with Gasteiger partial charge >= 0.3 is 0 Å². The van der Waals surface area contributed by atoms with Gasteiger partial charge in [0.1, 0.15) is 23.4 Å². The van der Waals surface area contributed by atoms with Gasteiger partial charge < -0.3 is 10.3 Å². The number of pyridine rings is 1. The number of hydrogen-bond acceptors (Lipinski definition) is 6. The molecule has 10 nitrogen and oxygen atoms in total. The lowest BCUT2D eigenvalue weighted by atomic mass is 9.91. The Labute approximate surface area is 262 Å². The summed E-state index contributed by atoms with van der Waals surface area (Å²) in [5.74, 6) is -4.24. The number of carbonyl (C=O) groups is 3. The van der Waals surface area contributed by atoms with Crippen LogP contribution in [0.2, 0.25) is 5.02 Å². The standard InChI is InChI=1S/C32H28ClF2N7O3/c33-22-5-2-1-4-21(22)29(30(44)40-20-10-13-32(34,35)14-11-20)42(24-7-3-6-23-28(24)39-18-38-23)31(45)25-8-9-27(43)41(25)26-16-19(17-36)12-15-37-26/h1-7,12,15-16,18,20,25,29H,8-11,13-14H2,(H,38,39)(H,40,44)/t25-,29?/m0/s1. The first-order valence-corrected chi connectivity index (χ1v) is 14.9. The number of aromatic amines is 1. The lowest BCUT2D eigenvalue weighted by molar-refractivity contribution is -0.128. The zero-order valence-corrected chi connectivity index (χ0v) is 24.7. The third-order valence-electron chi connectivity index (χ3n) is 8.31. The highest BCUT2D eigenvalue weighted by Gasteiger charge is 2.45. The van der Waals surface area contributed by atoms with E-state index >= 15 is 0 Å². The summed E-state index contributed by atoms with van der Waals surface area (Å²) in [5.41, 5.74) is 1.84. The highest BCUT2D eigenvalue weighted by Crippen LogP contribution is 2.39. The van der Waals surface area contributed by atoms with Gasteiger partial charge in [0.2, 0.25) is 17.7 Å². The second-order valence-corrected chi connectivity index (χ2v) is 11.6. The van der Waals surface area contributed by atoms with E-state index in [1.807, 2.05) is 6.07 Å². The monoisotopic (exact) mass is 631 g/mol. The summed E-state index contributed by atoms with van der Waals surface area (Å²) in [4.78, 5) is 56.7.